The van der Waals surface area contributed by atoms with Gasteiger partial charge in [0.15, 0.2) is 5.82 Å². The van der Waals surface area contributed by atoms with Crippen LogP contribution < -0.4 is 11.1 Å². The average molecular weight is 398 g/mol. The molecular weight excluding hydrogens is 381 g/mol. The fourth-order valence-electron chi connectivity index (χ4n) is 3.16. The number of hydrogen-bond acceptors (Lipinski definition) is 5. The summed E-state index contributed by atoms with van der Waals surface area (Å²) in [6.45, 7) is 3.95. The number of nitrogens with zero attached hydrogens (tertiary/aromatic N) is 4. The van der Waals surface area contributed by atoms with Crippen molar-refractivity contribution in [3.63, 3.8) is 0 Å². The molecule has 0 aliphatic heterocycles. The Morgan fingerprint density at radius 2 is 1.72 bits per heavy atom. The number of benzene rings is 2. The van der Waals surface area contributed by atoms with Crippen LogP contribution in [0.2, 0.25) is 0 Å². The number of halogens is 3. The van der Waals surface area contributed by atoms with E-state index < -0.39 is 11.7 Å². The lowest BCUT2D eigenvalue weighted by Crippen LogP contribution is -2.06. The zero-order valence-corrected chi connectivity index (χ0v) is 15.6. The number of aromatic nitrogens is 4. The van der Waals surface area contributed by atoms with Crippen LogP contribution in [0.1, 0.15) is 16.7 Å². The van der Waals surface area contributed by atoms with Gasteiger partial charge >= 0.3 is 6.18 Å². The molecule has 29 heavy (non-hydrogen) atoms. The van der Waals surface area contributed by atoms with E-state index in [2.05, 4.69) is 20.4 Å². The van der Waals surface area contributed by atoms with E-state index in [0.29, 0.717) is 11.3 Å². The molecule has 0 aliphatic rings. The van der Waals surface area contributed by atoms with Gasteiger partial charge in [-0.05, 0) is 44.2 Å². The van der Waals surface area contributed by atoms with Gasteiger partial charge in [0.2, 0.25) is 11.6 Å². The van der Waals surface area contributed by atoms with E-state index in [9.17, 15) is 13.2 Å². The highest BCUT2D eigenvalue weighted by Gasteiger charge is 2.30. The maximum Gasteiger partial charge on any atom is 0.416 e. The molecule has 0 radical (unpaired) electrons. The highest BCUT2D eigenvalue weighted by atomic mass is 19.4. The fraction of sp³-hybridized carbons (Fsp3) is 0.150. The lowest BCUT2D eigenvalue weighted by molar-refractivity contribution is -0.137. The highest BCUT2D eigenvalue weighted by molar-refractivity contribution is 5.74. The SMILES string of the molecule is Cc1cc(C)cc(-c2cn3nc(N)nc3c(Nc3cccc(C(F)(F)F)c3)n2)c1. The van der Waals surface area contributed by atoms with Gasteiger partial charge in [-0.3, -0.25) is 0 Å². The lowest BCUT2D eigenvalue weighted by atomic mass is 10.1. The maximum absolute atomic E-state index is 13.0. The Hall–Kier alpha value is -3.62. The van der Waals surface area contributed by atoms with E-state index in [0.717, 1.165) is 28.8 Å². The first-order valence-corrected chi connectivity index (χ1v) is 8.75. The number of nitrogens with two attached hydrogens (primary N) is 1. The third-order valence-corrected chi connectivity index (χ3v) is 4.31. The summed E-state index contributed by atoms with van der Waals surface area (Å²) in [5.41, 5.74) is 9.07. The predicted molar refractivity (Wildman–Crippen MR) is 105 cm³/mol. The Morgan fingerprint density at radius 1 is 1.00 bits per heavy atom. The maximum atomic E-state index is 13.0. The third kappa shape index (κ3) is 3.84. The smallest absolute Gasteiger partial charge is 0.366 e. The highest BCUT2D eigenvalue weighted by Crippen LogP contribution is 2.32. The standard InChI is InChI=1S/C20H17F3N6/c1-11-6-12(2)8-13(7-11)16-10-29-18(27-19(24)28-29)17(26-16)25-15-5-3-4-14(9-15)20(21,22)23/h3-10H,1-2H3,(H2,24,28)(H,25,26). The summed E-state index contributed by atoms with van der Waals surface area (Å²) in [5, 5.41) is 7.05. The van der Waals surface area contributed by atoms with E-state index in [1.54, 1.807) is 6.20 Å². The van der Waals surface area contributed by atoms with Gasteiger partial charge in [-0.25, -0.2) is 9.50 Å². The number of rotatable bonds is 3. The van der Waals surface area contributed by atoms with Gasteiger partial charge in [-0.2, -0.15) is 18.2 Å². The summed E-state index contributed by atoms with van der Waals surface area (Å²) in [7, 11) is 0. The summed E-state index contributed by atoms with van der Waals surface area (Å²) < 4.78 is 40.6. The number of aryl methyl sites for hydroxylation is 2. The molecule has 6 nitrogen and oxygen atoms in total. The molecule has 0 fully saturated rings. The minimum Gasteiger partial charge on any atom is -0.366 e. The molecule has 3 N–H and O–H groups in total. The van der Waals surface area contributed by atoms with E-state index in [1.807, 2.05) is 32.0 Å². The summed E-state index contributed by atoms with van der Waals surface area (Å²) >= 11 is 0. The zero-order valence-electron chi connectivity index (χ0n) is 15.6. The first-order chi connectivity index (χ1) is 13.7. The van der Waals surface area contributed by atoms with Crippen LogP contribution in [-0.2, 0) is 6.18 Å². The van der Waals surface area contributed by atoms with Gasteiger partial charge in [0.1, 0.15) is 0 Å². The second-order valence-corrected chi connectivity index (χ2v) is 6.79. The van der Waals surface area contributed by atoms with Crippen LogP contribution in [-0.4, -0.2) is 19.6 Å². The topological polar surface area (TPSA) is 81.1 Å². The number of anilines is 3. The molecule has 9 heteroatoms. The first-order valence-electron chi connectivity index (χ1n) is 8.75. The molecule has 0 aliphatic carbocycles. The molecule has 0 saturated carbocycles. The fourth-order valence-corrected chi connectivity index (χ4v) is 3.16. The number of fused-ring (bicyclic) bond motifs is 1. The van der Waals surface area contributed by atoms with E-state index >= 15 is 0 Å². The zero-order chi connectivity index (χ0) is 20.8. The summed E-state index contributed by atoms with van der Waals surface area (Å²) in [6.07, 6.45) is -2.76. The molecule has 2 heterocycles. The molecule has 148 valence electrons. The van der Waals surface area contributed by atoms with Gasteiger partial charge in [-0.1, -0.05) is 23.3 Å². The van der Waals surface area contributed by atoms with Gasteiger partial charge in [0, 0.05) is 11.3 Å². The van der Waals surface area contributed by atoms with E-state index in [1.165, 1.54) is 16.6 Å². The number of nitrogens with one attached hydrogen (secondary N) is 1. The summed E-state index contributed by atoms with van der Waals surface area (Å²) in [6, 6.07) is 10.9. The third-order valence-electron chi connectivity index (χ3n) is 4.31. The van der Waals surface area contributed by atoms with Crippen LogP contribution >= 0.6 is 0 Å². The predicted octanol–water partition coefficient (Wildman–Crippen LogP) is 4.75. The van der Waals surface area contributed by atoms with Crippen molar-refractivity contribution in [2.45, 2.75) is 20.0 Å². The molecule has 0 amide bonds. The minimum absolute atomic E-state index is 0.0384. The van der Waals surface area contributed by atoms with Gasteiger partial charge in [-0.15, -0.1) is 5.10 Å². The molecular formula is C20H17F3N6. The van der Waals surface area contributed by atoms with Crippen LogP contribution in [0.15, 0.2) is 48.7 Å². The lowest BCUT2D eigenvalue weighted by Gasteiger charge is -2.12. The Morgan fingerprint density at radius 3 is 2.41 bits per heavy atom. The largest absolute Gasteiger partial charge is 0.416 e. The van der Waals surface area contributed by atoms with Crippen molar-refractivity contribution in [1.82, 2.24) is 19.6 Å². The molecule has 4 aromatic rings. The summed E-state index contributed by atoms with van der Waals surface area (Å²) in [5.74, 6) is 0.293. The number of hydrogen-bond donors (Lipinski definition) is 2. The Balaban J connectivity index is 1.83. The number of alkyl halides is 3. The van der Waals surface area contributed by atoms with Crippen LogP contribution in [0.3, 0.4) is 0 Å². The van der Waals surface area contributed by atoms with Crippen LogP contribution in [0.25, 0.3) is 16.9 Å². The van der Waals surface area contributed by atoms with Crippen LogP contribution in [0, 0.1) is 13.8 Å². The van der Waals surface area contributed by atoms with E-state index in [4.69, 9.17) is 5.73 Å². The summed E-state index contributed by atoms with van der Waals surface area (Å²) in [4.78, 5) is 8.72. The van der Waals surface area contributed by atoms with Crippen molar-refractivity contribution < 1.29 is 13.2 Å². The Bertz CT molecular complexity index is 1190. The first kappa shape index (κ1) is 18.7. The Kier molecular flexibility index (Phi) is 4.37. The average Bonchev–Trinajstić information content (AvgIpc) is 3.01. The van der Waals surface area contributed by atoms with Crippen molar-refractivity contribution in [1.29, 1.82) is 0 Å². The van der Waals surface area contributed by atoms with Crippen molar-refractivity contribution in [3.05, 3.63) is 65.4 Å². The van der Waals surface area contributed by atoms with Crippen molar-refractivity contribution in [2.75, 3.05) is 11.1 Å². The monoisotopic (exact) mass is 398 g/mol. The second kappa shape index (κ2) is 6.77. The van der Waals surface area contributed by atoms with Crippen LogP contribution in [0.4, 0.5) is 30.6 Å². The molecule has 0 bridgehead atoms. The molecule has 0 atom stereocenters. The van der Waals surface area contributed by atoms with Crippen LogP contribution in [0.5, 0.6) is 0 Å². The second-order valence-electron chi connectivity index (χ2n) is 6.79. The van der Waals surface area contributed by atoms with Crippen molar-refractivity contribution >= 4 is 23.1 Å². The van der Waals surface area contributed by atoms with Gasteiger partial charge in [0.25, 0.3) is 0 Å². The molecule has 2 aromatic carbocycles. The molecule has 0 unspecified atom stereocenters. The molecule has 4 rings (SSSR count). The number of nitrogen functional groups attached to an aromatic ring is 1. The molecule has 0 spiro atoms. The quantitative estimate of drug-likeness (QED) is 0.520. The van der Waals surface area contributed by atoms with Gasteiger partial charge < -0.3 is 11.1 Å². The van der Waals surface area contributed by atoms with Crippen molar-refractivity contribution in [2.24, 2.45) is 0 Å². The van der Waals surface area contributed by atoms with Crippen molar-refractivity contribution in [3.8, 4) is 11.3 Å². The normalized spacial score (nSPS) is 11.8. The van der Waals surface area contributed by atoms with Gasteiger partial charge in [0.05, 0.1) is 17.5 Å². The van der Waals surface area contributed by atoms with E-state index in [-0.39, 0.29) is 17.5 Å². The Labute approximate surface area is 164 Å². The minimum atomic E-state index is -4.44. The molecule has 0 saturated heterocycles. The molecule has 2 aromatic heterocycles.